The van der Waals surface area contributed by atoms with Crippen LogP contribution in [-0.2, 0) is 21.2 Å². The molecule has 0 atom stereocenters. The first-order chi connectivity index (χ1) is 14.3. The summed E-state index contributed by atoms with van der Waals surface area (Å²) in [5.74, 6) is -0.0890. The van der Waals surface area contributed by atoms with Crippen LogP contribution in [0.4, 0.5) is 11.4 Å². The number of nitrogens with zero attached hydrogens (tertiary/aromatic N) is 1. The average molecular weight is 561 g/mol. The van der Waals surface area contributed by atoms with Gasteiger partial charge >= 0.3 is 0 Å². The molecule has 0 bridgehead atoms. The number of carbonyl (C=O) groups excluding carboxylic acids is 1. The number of nitrogens with two attached hydrogens (primary N) is 1. The van der Waals surface area contributed by atoms with Crippen molar-refractivity contribution < 1.29 is 13.2 Å². The minimum Gasteiger partial charge on any atom is -0.370 e. The summed E-state index contributed by atoms with van der Waals surface area (Å²) in [6.07, 6.45) is 3.04. The van der Waals surface area contributed by atoms with E-state index in [1.807, 2.05) is 0 Å². The van der Waals surface area contributed by atoms with Crippen molar-refractivity contribution in [1.82, 2.24) is 0 Å². The molecule has 9 heteroatoms. The third kappa shape index (κ3) is 8.37. The Morgan fingerprint density at radius 3 is 2.07 bits per heavy atom. The van der Waals surface area contributed by atoms with Crippen LogP contribution in [0, 0.1) is 0 Å². The first kappa shape index (κ1) is 24.8. The van der Waals surface area contributed by atoms with Gasteiger partial charge < -0.3 is 10.2 Å². The summed E-state index contributed by atoms with van der Waals surface area (Å²) in [4.78, 5) is 14.4. The number of alkyl halides is 2. The van der Waals surface area contributed by atoms with Crippen LogP contribution in [0.5, 0.6) is 0 Å². The van der Waals surface area contributed by atoms with E-state index in [1.165, 1.54) is 35.5 Å². The van der Waals surface area contributed by atoms with Gasteiger partial charge in [0.25, 0.3) is 0 Å². The van der Waals surface area contributed by atoms with Crippen molar-refractivity contribution in [3.05, 3.63) is 54.1 Å². The summed E-state index contributed by atoms with van der Waals surface area (Å²) in [5, 5.41) is 9.70. The Kier molecular flexibility index (Phi) is 10.3. The molecule has 2 rings (SSSR count). The van der Waals surface area contributed by atoms with E-state index < -0.39 is 10.0 Å². The Labute approximate surface area is 195 Å². The molecule has 0 fully saturated rings. The molecule has 0 aliphatic carbocycles. The van der Waals surface area contributed by atoms with Gasteiger partial charge in [0.05, 0.1) is 4.90 Å². The minimum absolute atomic E-state index is 0.0222. The Morgan fingerprint density at radius 1 is 0.933 bits per heavy atom. The number of aryl methyl sites for hydroxylation is 1. The van der Waals surface area contributed by atoms with Crippen LogP contribution >= 0.6 is 31.9 Å². The number of unbranched alkanes of at least 4 members (excludes halogenated alkanes) is 1. The highest BCUT2D eigenvalue weighted by Crippen LogP contribution is 2.18. The Bertz CT molecular complexity index is 898. The lowest BCUT2D eigenvalue weighted by Crippen LogP contribution is -2.27. The van der Waals surface area contributed by atoms with Gasteiger partial charge in [0.2, 0.25) is 15.9 Å². The maximum atomic E-state index is 12.1. The second-order valence-corrected chi connectivity index (χ2v) is 10.0. The van der Waals surface area contributed by atoms with Gasteiger partial charge in [-0.05, 0) is 61.2 Å². The summed E-state index contributed by atoms with van der Waals surface area (Å²) < 4.78 is 22.5. The number of hydrogen-bond acceptors (Lipinski definition) is 4. The standard InChI is InChI=1S/C21H27Br2N3O3S/c22-13-15-26(16-14-23)19-9-5-17(6-10-19)3-1-2-4-21(27)25-18-7-11-20(12-8-18)30(24,28)29/h5-12H,1-4,13-16H2,(H,25,27)(H2,24,28,29). The lowest BCUT2D eigenvalue weighted by atomic mass is 10.1. The number of amides is 1. The summed E-state index contributed by atoms with van der Waals surface area (Å²) in [6.45, 7) is 1.93. The van der Waals surface area contributed by atoms with Gasteiger partial charge in [0.1, 0.15) is 0 Å². The molecule has 0 aliphatic heterocycles. The molecule has 30 heavy (non-hydrogen) atoms. The first-order valence-corrected chi connectivity index (χ1v) is 13.5. The summed E-state index contributed by atoms with van der Waals surface area (Å²) >= 11 is 7.00. The number of primary sulfonamides is 1. The minimum atomic E-state index is -3.73. The zero-order chi connectivity index (χ0) is 22.0. The molecular weight excluding hydrogens is 534 g/mol. The predicted molar refractivity (Wildman–Crippen MR) is 130 cm³/mol. The highest BCUT2D eigenvalue weighted by Gasteiger charge is 2.08. The normalized spacial score (nSPS) is 11.3. The Hall–Kier alpha value is -1.42. The highest BCUT2D eigenvalue weighted by molar-refractivity contribution is 9.09. The number of halogens is 2. The Balaban J connectivity index is 1.74. The van der Waals surface area contributed by atoms with E-state index in [0.717, 1.165) is 43.0 Å². The maximum Gasteiger partial charge on any atom is 0.238 e. The maximum absolute atomic E-state index is 12.1. The number of carbonyl (C=O) groups is 1. The highest BCUT2D eigenvalue weighted by atomic mass is 79.9. The van der Waals surface area contributed by atoms with Crippen LogP contribution in [0.2, 0.25) is 0 Å². The van der Waals surface area contributed by atoms with Crippen LogP contribution < -0.4 is 15.4 Å². The second kappa shape index (κ2) is 12.4. The van der Waals surface area contributed by atoms with E-state index in [1.54, 1.807) is 0 Å². The number of nitrogens with one attached hydrogen (secondary N) is 1. The van der Waals surface area contributed by atoms with E-state index >= 15 is 0 Å². The molecule has 164 valence electrons. The SMILES string of the molecule is NS(=O)(=O)c1ccc(NC(=O)CCCCc2ccc(N(CCBr)CCBr)cc2)cc1. The molecule has 0 heterocycles. The topological polar surface area (TPSA) is 92.5 Å². The van der Waals surface area contributed by atoms with E-state index in [-0.39, 0.29) is 10.8 Å². The fourth-order valence-corrected chi connectivity index (χ4v) is 4.39. The van der Waals surface area contributed by atoms with Crippen LogP contribution in [-0.4, -0.2) is 38.1 Å². The number of sulfonamides is 1. The molecule has 0 saturated carbocycles. The lowest BCUT2D eigenvalue weighted by Gasteiger charge is -2.23. The number of rotatable bonds is 12. The van der Waals surface area contributed by atoms with Gasteiger partial charge in [-0.25, -0.2) is 13.6 Å². The third-order valence-electron chi connectivity index (χ3n) is 4.60. The van der Waals surface area contributed by atoms with Crippen molar-refractivity contribution >= 4 is 59.2 Å². The molecule has 0 saturated heterocycles. The van der Waals surface area contributed by atoms with Crippen molar-refractivity contribution in [3.63, 3.8) is 0 Å². The first-order valence-electron chi connectivity index (χ1n) is 9.72. The van der Waals surface area contributed by atoms with Crippen molar-refractivity contribution in [3.8, 4) is 0 Å². The quantitative estimate of drug-likeness (QED) is 0.299. The second-order valence-electron chi connectivity index (χ2n) is 6.86. The van der Waals surface area contributed by atoms with Crippen LogP contribution in [0.15, 0.2) is 53.4 Å². The van der Waals surface area contributed by atoms with Gasteiger partial charge in [-0.3, -0.25) is 4.79 Å². The fourth-order valence-electron chi connectivity index (χ4n) is 3.01. The van der Waals surface area contributed by atoms with E-state index in [4.69, 9.17) is 5.14 Å². The van der Waals surface area contributed by atoms with Gasteiger partial charge in [0, 0.05) is 41.5 Å². The molecule has 0 aromatic heterocycles. The van der Waals surface area contributed by atoms with Crippen molar-refractivity contribution in [1.29, 1.82) is 0 Å². The van der Waals surface area contributed by atoms with Crippen molar-refractivity contribution in [2.75, 3.05) is 34.0 Å². The lowest BCUT2D eigenvalue weighted by molar-refractivity contribution is -0.116. The van der Waals surface area contributed by atoms with Gasteiger partial charge in [0.15, 0.2) is 0 Å². The van der Waals surface area contributed by atoms with Crippen molar-refractivity contribution in [2.45, 2.75) is 30.6 Å². The molecule has 1 amide bonds. The van der Waals surface area contributed by atoms with Gasteiger partial charge in [-0.1, -0.05) is 44.0 Å². The number of benzene rings is 2. The number of hydrogen-bond donors (Lipinski definition) is 2. The average Bonchev–Trinajstić information content (AvgIpc) is 2.71. The van der Waals surface area contributed by atoms with Gasteiger partial charge in [-0.15, -0.1) is 0 Å². The summed E-state index contributed by atoms with van der Waals surface area (Å²) in [5.41, 5.74) is 3.03. The van der Waals surface area contributed by atoms with E-state index in [0.29, 0.717) is 12.1 Å². The molecule has 0 unspecified atom stereocenters. The molecule has 0 radical (unpaired) electrons. The Morgan fingerprint density at radius 2 is 1.53 bits per heavy atom. The molecule has 0 aliphatic rings. The zero-order valence-corrected chi connectivity index (χ0v) is 20.7. The predicted octanol–water partition coefficient (Wildman–Crippen LogP) is 4.28. The molecular formula is C21H27Br2N3O3S. The van der Waals surface area contributed by atoms with E-state index in [9.17, 15) is 13.2 Å². The van der Waals surface area contributed by atoms with Crippen LogP contribution in [0.1, 0.15) is 24.8 Å². The van der Waals surface area contributed by atoms with Crippen molar-refractivity contribution in [2.24, 2.45) is 5.14 Å². The zero-order valence-electron chi connectivity index (χ0n) is 16.7. The van der Waals surface area contributed by atoms with Crippen LogP contribution in [0.3, 0.4) is 0 Å². The summed E-state index contributed by atoms with van der Waals surface area (Å²) in [7, 11) is -3.73. The fraction of sp³-hybridized carbons (Fsp3) is 0.381. The molecule has 2 aromatic carbocycles. The van der Waals surface area contributed by atoms with E-state index in [2.05, 4.69) is 66.3 Å². The van der Waals surface area contributed by atoms with Gasteiger partial charge in [-0.2, -0.15) is 0 Å². The largest absolute Gasteiger partial charge is 0.370 e. The molecule has 2 aromatic rings. The van der Waals surface area contributed by atoms with Crippen LogP contribution in [0.25, 0.3) is 0 Å². The molecule has 6 nitrogen and oxygen atoms in total. The monoisotopic (exact) mass is 559 g/mol. The molecule has 0 spiro atoms. The smallest absolute Gasteiger partial charge is 0.238 e. The molecule has 3 N–H and O–H groups in total. The number of anilines is 2. The summed E-state index contributed by atoms with van der Waals surface area (Å²) in [6, 6.07) is 14.4. The third-order valence-corrected chi connectivity index (χ3v) is 6.23.